The van der Waals surface area contributed by atoms with E-state index in [1.807, 2.05) is 20.8 Å². The van der Waals surface area contributed by atoms with Gasteiger partial charge in [-0.1, -0.05) is 6.07 Å². The van der Waals surface area contributed by atoms with Crippen LogP contribution in [0.2, 0.25) is 0 Å². The molecular weight excluding hydrogens is 290 g/mol. The molecule has 0 spiro atoms. The van der Waals surface area contributed by atoms with Crippen molar-refractivity contribution in [3.63, 3.8) is 0 Å². The van der Waals surface area contributed by atoms with Gasteiger partial charge in [-0.15, -0.1) is 0 Å². The van der Waals surface area contributed by atoms with E-state index in [4.69, 9.17) is 5.14 Å². The molecule has 1 aromatic carbocycles. The van der Waals surface area contributed by atoms with Crippen molar-refractivity contribution in [1.82, 2.24) is 5.32 Å². The SMILES string of the molecule is Cc1c(NC(=O)CCNC(C)(C)C)cccc1S(N)(=O)=O. The van der Waals surface area contributed by atoms with Gasteiger partial charge in [-0.3, -0.25) is 4.79 Å². The largest absolute Gasteiger partial charge is 0.326 e. The van der Waals surface area contributed by atoms with Crippen molar-refractivity contribution in [2.45, 2.75) is 44.6 Å². The minimum absolute atomic E-state index is 0.0214. The van der Waals surface area contributed by atoms with Crippen LogP contribution in [0.5, 0.6) is 0 Å². The van der Waals surface area contributed by atoms with E-state index >= 15 is 0 Å². The monoisotopic (exact) mass is 313 g/mol. The van der Waals surface area contributed by atoms with E-state index in [1.54, 1.807) is 19.1 Å². The van der Waals surface area contributed by atoms with Gasteiger partial charge in [-0.2, -0.15) is 0 Å². The first-order valence-electron chi connectivity index (χ1n) is 6.68. The number of primary sulfonamides is 1. The highest BCUT2D eigenvalue weighted by Crippen LogP contribution is 2.22. The van der Waals surface area contributed by atoms with Gasteiger partial charge < -0.3 is 10.6 Å². The maximum Gasteiger partial charge on any atom is 0.238 e. The Morgan fingerprint density at radius 1 is 1.29 bits per heavy atom. The summed E-state index contributed by atoms with van der Waals surface area (Å²) in [6.45, 7) is 8.21. The van der Waals surface area contributed by atoms with Gasteiger partial charge in [0.25, 0.3) is 0 Å². The summed E-state index contributed by atoms with van der Waals surface area (Å²) in [6.07, 6.45) is 0.302. The molecule has 1 amide bonds. The lowest BCUT2D eigenvalue weighted by Gasteiger charge is -2.20. The molecule has 1 rings (SSSR count). The Labute approximate surface area is 126 Å². The van der Waals surface area contributed by atoms with Gasteiger partial charge >= 0.3 is 0 Å². The number of carbonyl (C=O) groups is 1. The van der Waals surface area contributed by atoms with Gasteiger partial charge in [0.2, 0.25) is 15.9 Å². The third-order valence-corrected chi connectivity index (χ3v) is 3.93. The van der Waals surface area contributed by atoms with Gasteiger partial charge in [0.15, 0.2) is 0 Å². The van der Waals surface area contributed by atoms with Gasteiger partial charge in [-0.05, 0) is 45.4 Å². The Bertz CT molecular complexity index is 619. The summed E-state index contributed by atoms with van der Waals surface area (Å²) in [6, 6.07) is 4.62. The molecule has 0 saturated heterocycles. The van der Waals surface area contributed by atoms with Gasteiger partial charge in [0, 0.05) is 24.2 Å². The van der Waals surface area contributed by atoms with Crippen molar-refractivity contribution in [2.75, 3.05) is 11.9 Å². The summed E-state index contributed by atoms with van der Waals surface area (Å²) in [5.74, 6) is -0.179. The minimum Gasteiger partial charge on any atom is -0.326 e. The topological polar surface area (TPSA) is 101 Å². The van der Waals surface area contributed by atoms with Crippen LogP contribution in [0.3, 0.4) is 0 Å². The summed E-state index contributed by atoms with van der Waals surface area (Å²) in [5.41, 5.74) is 0.850. The lowest BCUT2D eigenvalue weighted by atomic mass is 10.1. The average Bonchev–Trinajstić information content (AvgIpc) is 2.28. The van der Waals surface area contributed by atoms with Crippen LogP contribution in [-0.2, 0) is 14.8 Å². The highest BCUT2D eigenvalue weighted by Gasteiger charge is 2.15. The normalized spacial score (nSPS) is 12.2. The first-order chi connectivity index (χ1) is 9.50. The second kappa shape index (κ2) is 6.55. The second-order valence-corrected chi connectivity index (χ2v) is 7.48. The van der Waals surface area contributed by atoms with Crippen molar-refractivity contribution in [3.05, 3.63) is 23.8 Å². The first-order valence-corrected chi connectivity index (χ1v) is 8.22. The van der Waals surface area contributed by atoms with Crippen LogP contribution in [-0.4, -0.2) is 26.4 Å². The van der Waals surface area contributed by atoms with E-state index in [-0.39, 0.29) is 16.3 Å². The van der Waals surface area contributed by atoms with Crippen LogP contribution < -0.4 is 15.8 Å². The number of benzene rings is 1. The minimum atomic E-state index is -3.79. The Morgan fingerprint density at radius 3 is 2.43 bits per heavy atom. The maximum atomic E-state index is 11.9. The zero-order chi connectivity index (χ0) is 16.3. The Balaban J connectivity index is 2.74. The van der Waals surface area contributed by atoms with Crippen molar-refractivity contribution in [1.29, 1.82) is 0 Å². The fraction of sp³-hybridized carbons (Fsp3) is 0.500. The fourth-order valence-electron chi connectivity index (χ4n) is 1.82. The highest BCUT2D eigenvalue weighted by molar-refractivity contribution is 7.89. The van der Waals surface area contributed by atoms with Crippen LogP contribution in [0.25, 0.3) is 0 Å². The molecule has 0 saturated carbocycles. The van der Waals surface area contributed by atoms with Crippen molar-refractivity contribution in [3.8, 4) is 0 Å². The van der Waals surface area contributed by atoms with Crippen LogP contribution in [0.1, 0.15) is 32.8 Å². The number of sulfonamides is 1. The summed E-state index contributed by atoms with van der Waals surface area (Å²) < 4.78 is 22.9. The number of hydrogen-bond donors (Lipinski definition) is 3. The molecule has 0 unspecified atom stereocenters. The average molecular weight is 313 g/mol. The molecule has 4 N–H and O–H groups in total. The zero-order valence-electron chi connectivity index (χ0n) is 12.9. The molecule has 0 aliphatic heterocycles. The molecule has 0 aromatic heterocycles. The van der Waals surface area contributed by atoms with E-state index in [2.05, 4.69) is 10.6 Å². The second-order valence-electron chi connectivity index (χ2n) is 5.95. The Kier molecular flexibility index (Phi) is 5.49. The molecule has 0 radical (unpaired) electrons. The van der Waals surface area contributed by atoms with E-state index in [9.17, 15) is 13.2 Å². The molecule has 0 heterocycles. The quantitative estimate of drug-likeness (QED) is 0.764. The van der Waals surface area contributed by atoms with Crippen molar-refractivity contribution in [2.24, 2.45) is 5.14 Å². The number of rotatable bonds is 5. The van der Waals surface area contributed by atoms with Gasteiger partial charge in [0.1, 0.15) is 0 Å². The standard InChI is InChI=1S/C14H23N3O3S/c1-10-11(6-5-7-12(10)21(15,19)20)17-13(18)8-9-16-14(2,3)4/h5-7,16H,8-9H2,1-4H3,(H,17,18)(H2,15,19,20). The lowest BCUT2D eigenvalue weighted by Crippen LogP contribution is -2.37. The fourth-order valence-corrected chi connectivity index (χ4v) is 2.63. The number of anilines is 1. The number of nitrogens with one attached hydrogen (secondary N) is 2. The maximum absolute atomic E-state index is 11.9. The van der Waals surface area contributed by atoms with Crippen LogP contribution in [0.15, 0.2) is 23.1 Å². The Hall–Kier alpha value is -1.44. The smallest absolute Gasteiger partial charge is 0.238 e. The predicted octanol–water partition coefficient (Wildman–Crippen LogP) is 1.36. The molecule has 7 heteroatoms. The number of hydrogen-bond acceptors (Lipinski definition) is 4. The summed E-state index contributed by atoms with van der Waals surface area (Å²) >= 11 is 0. The number of amides is 1. The molecule has 0 fully saturated rings. The molecule has 1 aromatic rings. The Morgan fingerprint density at radius 2 is 1.90 bits per heavy atom. The van der Waals surface area contributed by atoms with Gasteiger partial charge in [-0.25, -0.2) is 13.6 Å². The summed E-state index contributed by atoms with van der Waals surface area (Å²) in [5, 5.41) is 11.1. The number of carbonyl (C=O) groups excluding carboxylic acids is 1. The van der Waals surface area contributed by atoms with E-state index in [1.165, 1.54) is 6.07 Å². The zero-order valence-corrected chi connectivity index (χ0v) is 13.7. The van der Waals surface area contributed by atoms with Gasteiger partial charge in [0.05, 0.1) is 4.90 Å². The highest BCUT2D eigenvalue weighted by atomic mass is 32.2. The van der Waals surface area contributed by atoms with Crippen LogP contribution in [0, 0.1) is 6.92 Å². The van der Waals surface area contributed by atoms with E-state index in [0.29, 0.717) is 24.2 Å². The van der Waals surface area contributed by atoms with Crippen molar-refractivity contribution < 1.29 is 13.2 Å². The molecule has 6 nitrogen and oxygen atoms in total. The molecule has 0 aliphatic rings. The molecule has 0 bridgehead atoms. The van der Waals surface area contributed by atoms with E-state index in [0.717, 1.165) is 0 Å². The van der Waals surface area contributed by atoms with Crippen LogP contribution >= 0.6 is 0 Å². The first kappa shape index (κ1) is 17.6. The summed E-state index contributed by atoms with van der Waals surface area (Å²) in [7, 11) is -3.79. The molecule has 118 valence electrons. The molecule has 0 aliphatic carbocycles. The van der Waals surface area contributed by atoms with Crippen molar-refractivity contribution >= 4 is 21.6 Å². The molecular formula is C14H23N3O3S. The third-order valence-electron chi connectivity index (χ3n) is 2.87. The predicted molar refractivity (Wildman–Crippen MR) is 83.6 cm³/mol. The molecule has 0 atom stereocenters. The third kappa shape index (κ3) is 5.82. The summed E-state index contributed by atoms with van der Waals surface area (Å²) in [4.78, 5) is 11.9. The lowest BCUT2D eigenvalue weighted by molar-refractivity contribution is -0.116. The number of nitrogens with two attached hydrogens (primary N) is 1. The van der Waals surface area contributed by atoms with Crippen LogP contribution in [0.4, 0.5) is 5.69 Å². The van der Waals surface area contributed by atoms with E-state index < -0.39 is 10.0 Å². The molecule has 21 heavy (non-hydrogen) atoms.